The van der Waals surface area contributed by atoms with Crippen molar-refractivity contribution < 1.29 is 0 Å². The van der Waals surface area contributed by atoms with E-state index in [-0.39, 0.29) is 0 Å². The minimum absolute atomic E-state index is 0.989. The number of rotatable bonds is 8. The second-order valence-electron chi connectivity index (χ2n) is 5.56. The highest BCUT2D eigenvalue weighted by Gasteiger charge is 2.08. The number of hydrogen-bond acceptors (Lipinski definition) is 3. The van der Waals surface area contributed by atoms with Gasteiger partial charge in [0.1, 0.15) is 0 Å². The fraction of sp³-hybridized carbons (Fsp3) is 0.474. The van der Waals surface area contributed by atoms with E-state index in [1.165, 1.54) is 5.56 Å². The van der Waals surface area contributed by atoms with Gasteiger partial charge < -0.3 is 4.90 Å². The first-order chi connectivity index (χ1) is 10.8. The lowest BCUT2D eigenvalue weighted by molar-refractivity contribution is 0.299. The van der Waals surface area contributed by atoms with Crippen LogP contribution in [0.5, 0.6) is 0 Å². The molecule has 0 aliphatic rings. The molecule has 0 spiro atoms. The molecule has 0 radical (unpaired) electrons. The number of hydrogen-bond donors (Lipinski definition) is 0. The highest BCUT2D eigenvalue weighted by Crippen LogP contribution is 2.21. The number of nitrogens with zero attached hydrogens (tertiary/aromatic N) is 3. The van der Waals surface area contributed by atoms with E-state index < -0.39 is 0 Å². The molecule has 0 amide bonds. The zero-order valence-electron chi connectivity index (χ0n) is 14.0. The van der Waals surface area contributed by atoms with E-state index in [4.69, 9.17) is 0 Å². The van der Waals surface area contributed by atoms with Crippen LogP contribution in [-0.2, 0) is 12.8 Å². The van der Waals surface area contributed by atoms with Crippen LogP contribution in [0.2, 0.25) is 0 Å². The molecule has 1 aromatic carbocycles. The number of benzene rings is 1. The van der Waals surface area contributed by atoms with Gasteiger partial charge in [0.05, 0.1) is 11.4 Å². The van der Waals surface area contributed by atoms with Crippen LogP contribution in [0.15, 0.2) is 36.4 Å². The van der Waals surface area contributed by atoms with E-state index in [1.54, 1.807) is 0 Å². The summed E-state index contributed by atoms with van der Waals surface area (Å²) in [6, 6.07) is 12.6. The summed E-state index contributed by atoms with van der Waals surface area (Å²) in [5.41, 5.74) is 4.58. The van der Waals surface area contributed by atoms with E-state index in [0.717, 1.165) is 55.8 Å². The monoisotopic (exact) mass is 297 g/mol. The summed E-state index contributed by atoms with van der Waals surface area (Å²) >= 11 is 0. The van der Waals surface area contributed by atoms with Gasteiger partial charge >= 0.3 is 0 Å². The Morgan fingerprint density at radius 2 is 1.68 bits per heavy atom. The maximum atomic E-state index is 4.49. The summed E-state index contributed by atoms with van der Waals surface area (Å²) in [4.78, 5) is 2.45. The number of aryl methyl sites for hydroxylation is 2. The van der Waals surface area contributed by atoms with Crippen LogP contribution in [0.1, 0.15) is 38.4 Å². The molecule has 2 aromatic rings. The lowest BCUT2D eigenvalue weighted by atomic mass is 10.0. The molecule has 0 bridgehead atoms. The largest absolute Gasteiger partial charge is 0.304 e. The molecule has 0 unspecified atom stereocenters. The van der Waals surface area contributed by atoms with Crippen molar-refractivity contribution in [2.24, 2.45) is 0 Å². The van der Waals surface area contributed by atoms with Gasteiger partial charge in [-0.05, 0) is 50.5 Å². The highest BCUT2D eigenvalue weighted by atomic mass is 15.1. The molecular weight excluding hydrogens is 270 g/mol. The van der Waals surface area contributed by atoms with Gasteiger partial charge in [0, 0.05) is 5.56 Å². The van der Waals surface area contributed by atoms with Crippen LogP contribution >= 0.6 is 0 Å². The molecule has 118 valence electrons. The second kappa shape index (κ2) is 8.64. The Hall–Kier alpha value is -1.74. The molecule has 0 atom stereocenters. The first-order valence-corrected chi connectivity index (χ1v) is 8.41. The van der Waals surface area contributed by atoms with Gasteiger partial charge in [-0.15, -0.1) is 5.10 Å². The predicted octanol–water partition coefficient (Wildman–Crippen LogP) is 3.98. The van der Waals surface area contributed by atoms with Crippen molar-refractivity contribution in [2.75, 3.05) is 19.6 Å². The van der Waals surface area contributed by atoms with E-state index in [1.807, 2.05) is 6.07 Å². The molecule has 0 N–H and O–H groups in total. The molecule has 0 saturated carbocycles. The Labute approximate surface area is 134 Å². The molecule has 0 saturated heterocycles. The molecule has 0 aliphatic carbocycles. The summed E-state index contributed by atoms with van der Waals surface area (Å²) in [5.74, 6) is 0. The van der Waals surface area contributed by atoms with Gasteiger partial charge in [0.15, 0.2) is 0 Å². The van der Waals surface area contributed by atoms with Crippen LogP contribution in [0.3, 0.4) is 0 Å². The average Bonchev–Trinajstić information content (AvgIpc) is 2.59. The van der Waals surface area contributed by atoms with Crippen LogP contribution < -0.4 is 0 Å². The topological polar surface area (TPSA) is 29.0 Å². The van der Waals surface area contributed by atoms with Gasteiger partial charge in [-0.25, -0.2) is 0 Å². The summed E-state index contributed by atoms with van der Waals surface area (Å²) < 4.78 is 0. The lowest BCUT2D eigenvalue weighted by Gasteiger charge is -2.17. The van der Waals surface area contributed by atoms with Crippen molar-refractivity contribution in [3.8, 4) is 11.3 Å². The van der Waals surface area contributed by atoms with Crippen LogP contribution in [0, 0.1) is 0 Å². The fourth-order valence-corrected chi connectivity index (χ4v) is 2.73. The van der Waals surface area contributed by atoms with Gasteiger partial charge in [0.25, 0.3) is 0 Å². The maximum Gasteiger partial charge on any atom is 0.0961 e. The minimum atomic E-state index is 0.989. The smallest absolute Gasteiger partial charge is 0.0961 e. The molecule has 1 aromatic heterocycles. The molecule has 3 heteroatoms. The van der Waals surface area contributed by atoms with E-state index >= 15 is 0 Å². The van der Waals surface area contributed by atoms with Crippen molar-refractivity contribution in [3.63, 3.8) is 0 Å². The molecule has 0 aliphatic heterocycles. The van der Waals surface area contributed by atoms with E-state index in [0.29, 0.717) is 0 Å². The Bertz CT molecular complexity index is 562. The summed E-state index contributed by atoms with van der Waals surface area (Å²) in [7, 11) is 0. The second-order valence-corrected chi connectivity index (χ2v) is 5.56. The van der Waals surface area contributed by atoms with Crippen molar-refractivity contribution in [1.82, 2.24) is 15.1 Å². The van der Waals surface area contributed by atoms with Crippen molar-refractivity contribution in [3.05, 3.63) is 47.7 Å². The lowest BCUT2D eigenvalue weighted by Crippen LogP contribution is -2.24. The third-order valence-electron chi connectivity index (χ3n) is 4.15. The molecule has 1 heterocycles. The minimum Gasteiger partial charge on any atom is -0.304 e. The Balaban J connectivity index is 2.06. The Kier molecular flexibility index (Phi) is 6.53. The maximum absolute atomic E-state index is 4.49. The first-order valence-electron chi connectivity index (χ1n) is 8.41. The quantitative estimate of drug-likeness (QED) is 0.738. The van der Waals surface area contributed by atoms with Gasteiger partial charge in [0.2, 0.25) is 0 Å². The van der Waals surface area contributed by atoms with Crippen molar-refractivity contribution in [1.29, 1.82) is 0 Å². The molecule has 22 heavy (non-hydrogen) atoms. The van der Waals surface area contributed by atoms with Crippen LogP contribution in [0.4, 0.5) is 0 Å². The zero-order chi connectivity index (χ0) is 15.8. The standard InChI is InChI=1S/C19H27N3/c1-4-16-15-18(13-10-14-22(5-2)6-3)20-21-19(16)17-11-8-7-9-12-17/h7-9,11-12,15H,4-6,10,13-14H2,1-3H3. The summed E-state index contributed by atoms with van der Waals surface area (Å²) in [5, 5.41) is 8.94. The fourth-order valence-electron chi connectivity index (χ4n) is 2.73. The summed E-state index contributed by atoms with van der Waals surface area (Å²) in [6.07, 6.45) is 3.14. The predicted molar refractivity (Wildman–Crippen MR) is 93.0 cm³/mol. The van der Waals surface area contributed by atoms with Crippen molar-refractivity contribution in [2.45, 2.75) is 40.0 Å². The average molecular weight is 297 g/mol. The third kappa shape index (κ3) is 4.38. The van der Waals surface area contributed by atoms with E-state index in [2.05, 4.69) is 66.2 Å². The van der Waals surface area contributed by atoms with Gasteiger partial charge in [-0.2, -0.15) is 5.10 Å². The number of aromatic nitrogens is 2. The first kappa shape index (κ1) is 16.6. The molecule has 2 rings (SSSR count). The van der Waals surface area contributed by atoms with Crippen LogP contribution in [-0.4, -0.2) is 34.7 Å². The van der Waals surface area contributed by atoms with Gasteiger partial charge in [-0.3, -0.25) is 0 Å². The molecule has 3 nitrogen and oxygen atoms in total. The molecular formula is C19H27N3. The van der Waals surface area contributed by atoms with Crippen LogP contribution in [0.25, 0.3) is 11.3 Å². The third-order valence-corrected chi connectivity index (χ3v) is 4.15. The summed E-state index contributed by atoms with van der Waals surface area (Å²) in [6.45, 7) is 9.99. The zero-order valence-corrected chi connectivity index (χ0v) is 14.0. The Morgan fingerprint density at radius 3 is 2.32 bits per heavy atom. The van der Waals surface area contributed by atoms with Crippen molar-refractivity contribution >= 4 is 0 Å². The normalized spacial score (nSPS) is 11.1. The van der Waals surface area contributed by atoms with Gasteiger partial charge in [-0.1, -0.05) is 51.1 Å². The highest BCUT2D eigenvalue weighted by molar-refractivity contribution is 5.62. The Morgan fingerprint density at radius 1 is 0.955 bits per heavy atom. The molecule has 0 fully saturated rings. The SMILES string of the molecule is CCc1cc(CCCN(CC)CC)nnc1-c1ccccc1. The van der Waals surface area contributed by atoms with E-state index in [9.17, 15) is 0 Å².